The maximum atomic E-state index is 12.9. The number of halogens is 1. The minimum Gasteiger partial charge on any atom is -0.337 e. The van der Waals surface area contributed by atoms with Crippen LogP contribution in [0.15, 0.2) is 54.7 Å². The number of carbonyl (C=O) groups excluding carboxylic acids is 2. The van der Waals surface area contributed by atoms with Crippen molar-refractivity contribution in [2.45, 2.75) is 13.5 Å². The lowest BCUT2D eigenvalue weighted by Crippen LogP contribution is -2.26. The maximum absolute atomic E-state index is 12.9. The Morgan fingerprint density at radius 2 is 1.83 bits per heavy atom. The molecule has 3 aromatic rings. The molecule has 1 amide bonds. The molecule has 1 heterocycles. The SMILES string of the molecule is CC(=O)n1cc(C(=O)N(C)Cc2ccccc2)c2ccc(Cl)cc21. The second-order valence-corrected chi connectivity index (χ2v) is 6.18. The third kappa shape index (κ3) is 3.05. The van der Waals surface area contributed by atoms with Crippen LogP contribution in [-0.2, 0) is 6.54 Å². The summed E-state index contributed by atoms with van der Waals surface area (Å²) in [5.74, 6) is -0.293. The number of rotatable bonds is 3. The number of amides is 1. The van der Waals surface area contributed by atoms with Crippen molar-refractivity contribution < 1.29 is 9.59 Å². The average Bonchev–Trinajstić information content (AvgIpc) is 2.93. The molecular weight excluding hydrogens is 324 g/mol. The van der Waals surface area contributed by atoms with Gasteiger partial charge < -0.3 is 4.90 Å². The van der Waals surface area contributed by atoms with E-state index in [-0.39, 0.29) is 11.8 Å². The second-order valence-electron chi connectivity index (χ2n) is 5.74. The summed E-state index contributed by atoms with van der Waals surface area (Å²) in [6.45, 7) is 1.96. The smallest absolute Gasteiger partial charge is 0.256 e. The zero-order chi connectivity index (χ0) is 17.3. The molecular formula is C19H17ClN2O2. The van der Waals surface area contributed by atoms with Crippen LogP contribution in [0.1, 0.15) is 27.6 Å². The topological polar surface area (TPSA) is 42.3 Å². The fourth-order valence-electron chi connectivity index (χ4n) is 2.77. The van der Waals surface area contributed by atoms with Crippen LogP contribution in [0, 0.1) is 0 Å². The Hall–Kier alpha value is -2.59. The Bertz CT molecular complexity index is 916. The van der Waals surface area contributed by atoms with Gasteiger partial charge in [0.25, 0.3) is 5.91 Å². The van der Waals surface area contributed by atoms with Crippen LogP contribution in [0.4, 0.5) is 0 Å². The molecule has 0 saturated carbocycles. The molecule has 0 spiro atoms. The quantitative estimate of drug-likeness (QED) is 0.716. The number of nitrogens with zero attached hydrogens (tertiary/aromatic N) is 2. The van der Waals surface area contributed by atoms with Crippen LogP contribution < -0.4 is 0 Å². The Kier molecular flexibility index (Phi) is 4.40. The summed E-state index contributed by atoms with van der Waals surface area (Å²) in [7, 11) is 1.75. The van der Waals surface area contributed by atoms with Gasteiger partial charge in [0.05, 0.1) is 11.1 Å². The Morgan fingerprint density at radius 1 is 1.12 bits per heavy atom. The molecule has 0 saturated heterocycles. The zero-order valence-corrected chi connectivity index (χ0v) is 14.2. The third-order valence-corrected chi connectivity index (χ3v) is 4.18. The molecule has 4 nitrogen and oxygen atoms in total. The minimum atomic E-state index is -0.160. The number of aromatic nitrogens is 1. The van der Waals surface area contributed by atoms with Crippen LogP contribution in [0.25, 0.3) is 10.9 Å². The lowest BCUT2D eigenvalue weighted by Gasteiger charge is -2.16. The fourth-order valence-corrected chi connectivity index (χ4v) is 2.93. The molecule has 0 aliphatic rings. The van der Waals surface area contributed by atoms with Gasteiger partial charge in [0.2, 0.25) is 5.91 Å². The lowest BCUT2D eigenvalue weighted by atomic mass is 10.1. The van der Waals surface area contributed by atoms with E-state index in [1.165, 1.54) is 11.5 Å². The summed E-state index contributed by atoms with van der Waals surface area (Å²) >= 11 is 6.03. The molecule has 0 radical (unpaired) electrons. The van der Waals surface area contributed by atoms with Crippen LogP contribution >= 0.6 is 11.6 Å². The van der Waals surface area contributed by atoms with E-state index in [9.17, 15) is 9.59 Å². The van der Waals surface area contributed by atoms with Gasteiger partial charge in [-0.2, -0.15) is 0 Å². The molecule has 1 aromatic heterocycles. The predicted octanol–water partition coefficient (Wildman–Crippen LogP) is 4.23. The summed E-state index contributed by atoms with van der Waals surface area (Å²) in [4.78, 5) is 26.4. The molecule has 2 aromatic carbocycles. The van der Waals surface area contributed by atoms with Gasteiger partial charge >= 0.3 is 0 Å². The first-order valence-corrected chi connectivity index (χ1v) is 7.96. The normalized spacial score (nSPS) is 10.8. The first-order chi connectivity index (χ1) is 11.5. The van der Waals surface area contributed by atoms with E-state index < -0.39 is 0 Å². The summed E-state index contributed by atoms with van der Waals surface area (Å²) in [5.41, 5.74) is 2.19. The monoisotopic (exact) mass is 340 g/mol. The summed E-state index contributed by atoms with van der Waals surface area (Å²) < 4.78 is 1.46. The van der Waals surface area contributed by atoms with Crippen LogP contribution in [-0.4, -0.2) is 28.3 Å². The maximum Gasteiger partial charge on any atom is 0.256 e. The van der Waals surface area contributed by atoms with Crippen molar-refractivity contribution in [1.82, 2.24) is 9.47 Å². The van der Waals surface area contributed by atoms with E-state index in [1.54, 1.807) is 36.3 Å². The van der Waals surface area contributed by atoms with Crippen molar-refractivity contribution >= 4 is 34.3 Å². The number of benzene rings is 2. The van der Waals surface area contributed by atoms with Crippen molar-refractivity contribution in [3.8, 4) is 0 Å². The average molecular weight is 341 g/mol. The molecule has 24 heavy (non-hydrogen) atoms. The molecule has 0 atom stereocenters. The Morgan fingerprint density at radius 3 is 2.50 bits per heavy atom. The first kappa shape index (κ1) is 16.3. The minimum absolute atomic E-state index is 0.133. The predicted molar refractivity (Wildman–Crippen MR) is 95.5 cm³/mol. The van der Waals surface area contributed by atoms with Crippen molar-refractivity contribution in [2.75, 3.05) is 7.05 Å². The van der Waals surface area contributed by atoms with Crippen LogP contribution in [0.5, 0.6) is 0 Å². The molecule has 5 heteroatoms. The van der Waals surface area contributed by atoms with Crippen LogP contribution in [0.3, 0.4) is 0 Å². The van der Waals surface area contributed by atoms with Gasteiger partial charge in [-0.3, -0.25) is 14.2 Å². The van der Waals surface area contributed by atoms with Crippen molar-refractivity contribution in [2.24, 2.45) is 0 Å². The highest BCUT2D eigenvalue weighted by molar-refractivity contribution is 6.31. The Balaban J connectivity index is 1.99. The standard InChI is InChI=1S/C19H17ClN2O2/c1-13(23)22-12-17(16-9-8-15(20)10-18(16)22)19(24)21(2)11-14-6-4-3-5-7-14/h3-10,12H,11H2,1-2H3. The molecule has 0 unspecified atom stereocenters. The zero-order valence-electron chi connectivity index (χ0n) is 13.5. The van der Waals surface area contributed by atoms with E-state index in [0.29, 0.717) is 22.6 Å². The van der Waals surface area contributed by atoms with E-state index in [2.05, 4.69) is 0 Å². The number of fused-ring (bicyclic) bond motifs is 1. The number of carbonyl (C=O) groups is 2. The largest absolute Gasteiger partial charge is 0.337 e. The van der Waals surface area contributed by atoms with E-state index in [0.717, 1.165) is 10.9 Å². The number of hydrogen-bond donors (Lipinski definition) is 0. The summed E-state index contributed by atoms with van der Waals surface area (Å²) in [6.07, 6.45) is 1.59. The van der Waals surface area contributed by atoms with Gasteiger partial charge in [-0.1, -0.05) is 48.0 Å². The van der Waals surface area contributed by atoms with Crippen molar-refractivity contribution in [1.29, 1.82) is 0 Å². The third-order valence-electron chi connectivity index (χ3n) is 3.95. The van der Waals surface area contributed by atoms with Crippen LogP contribution in [0.2, 0.25) is 5.02 Å². The van der Waals surface area contributed by atoms with Gasteiger partial charge in [-0.25, -0.2) is 0 Å². The number of hydrogen-bond acceptors (Lipinski definition) is 2. The molecule has 3 rings (SSSR count). The highest BCUT2D eigenvalue weighted by atomic mass is 35.5. The van der Waals surface area contributed by atoms with E-state index in [1.807, 2.05) is 30.3 Å². The van der Waals surface area contributed by atoms with Gasteiger partial charge in [0.1, 0.15) is 0 Å². The Labute approximate surface area is 145 Å². The summed E-state index contributed by atoms with van der Waals surface area (Å²) in [6, 6.07) is 15.0. The van der Waals surface area contributed by atoms with Gasteiger partial charge in [-0.05, 0) is 17.7 Å². The molecule has 0 aliphatic carbocycles. The van der Waals surface area contributed by atoms with E-state index >= 15 is 0 Å². The van der Waals surface area contributed by atoms with Gasteiger partial charge in [0.15, 0.2) is 0 Å². The van der Waals surface area contributed by atoms with Gasteiger partial charge in [0, 0.05) is 37.1 Å². The summed E-state index contributed by atoms with van der Waals surface area (Å²) in [5, 5.41) is 1.25. The fraction of sp³-hybridized carbons (Fsp3) is 0.158. The highest BCUT2D eigenvalue weighted by Gasteiger charge is 2.20. The molecule has 0 aliphatic heterocycles. The molecule has 0 bridgehead atoms. The molecule has 122 valence electrons. The molecule has 0 N–H and O–H groups in total. The molecule has 0 fully saturated rings. The van der Waals surface area contributed by atoms with Gasteiger partial charge in [-0.15, -0.1) is 0 Å². The van der Waals surface area contributed by atoms with Crippen molar-refractivity contribution in [3.05, 3.63) is 70.9 Å². The lowest BCUT2D eigenvalue weighted by molar-refractivity contribution is 0.0787. The van der Waals surface area contributed by atoms with E-state index in [4.69, 9.17) is 11.6 Å². The first-order valence-electron chi connectivity index (χ1n) is 7.58. The second kappa shape index (κ2) is 6.49. The van der Waals surface area contributed by atoms with Crippen molar-refractivity contribution in [3.63, 3.8) is 0 Å². The highest BCUT2D eigenvalue weighted by Crippen LogP contribution is 2.26.